The van der Waals surface area contributed by atoms with Crippen LogP contribution in [0.15, 0.2) is 41.0 Å². The van der Waals surface area contributed by atoms with Crippen LogP contribution in [-0.4, -0.2) is 4.98 Å². The molecule has 0 bridgehead atoms. The van der Waals surface area contributed by atoms with Gasteiger partial charge in [-0.2, -0.15) is 0 Å². The lowest BCUT2D eigenvalue weighted by Crippen LogP contribution is -1.95. The molecule has 1 aromatic heterocycles. The molecule has 1 aromatic carbocycles. The second-order valence-corrected chi connectivity index (χ2v) is 5.55. The number of nitrogens with zero attached hydrogens (tertiary/aromatic N) is 1. The highest BCUT2D eigenvalue weighted by Gasteiger charge is 2.11. The monoisotopic (exact) mass is 325 g/mol. The van der Waals surface area contributed by atoms with Gasteiger partial charge >= 0.3 is 0 Å². The summed E-state index contributed by atoms with van der Waals surface area (Å²) in [5.41, 5.74) is 1.12. The van der Waals surface area contributed by atoms with E-state index < -0.39 is 0 Å². The van der Waals surface area contributed by atoms with E-state index in [0.29, 0.717) is 16.8 Å². The molecule has 94 valence electrons. The van der Waals surface area contributed by atoms with E-state index in [1.165, 1.54) is 0 Å². The van der Waals surface area contributed by atoms with Crippen molar-refractivity contribution in [3.8, 4) is 11.6 Å². The van der Waals surface area contributed by atoms with Crippen molar-refractivity contribution in [3.05, 3.63) is 51.6 Å². The van der Waals surface area contributed by atoms with Gasteiger partial charge in [0, 0.05) is 10.7 Å². The Kier molecular flexibility index (Phi) is 4.25. The SMILES string of the molecule is CC(C)c1cc(Br)ccc1Oc1ncccc1Cl. The fourth-order valence-electron chi connectivity index (χ4n) is 1.61. The fraction of sp³-hybridized carbons (Fsp3) is 0.214. The smallest absolute Gasteiger partial charge is 0.238 e. The second-order valence-electron chi connectivity index (χ2n) is 4.23. The van der Waals surface area contributed by atoms with Gasteiger partial charge in [0.15, 0.2) is 0 Å². The Morgan fingerprint density at radius 2 is 2.06 bits per heavy atom. The minimum atomic E-state index is 0.361. The zero-order valence-corrected chi connectivity index (χ0v) is 12.5. The number of pyridine rings is 1. The molecular formula is C14H13BrClNO. The molecule has 2 nitrogen and oxygen atoms in total. The van der Waals surface area contributed by atoms with E-state index in [1.54, 1.807) is 18.3 Å². The first-order chi connectivity index (χ1) is 8.58. The van der Waals surface area contributed by atoms with Crippen molar-refractivity contribution in [1.82, 2.24) is 4.98 Å². The Balaban J connectivity index is 2.37. The van der Waals surface area contributed by atoms with Crippen LogP contribution in [0.3, 0.4) is 0 Å². The minimum Gasteiger partial charge on any atom is -0.437 e. The highest BCUT2D eigenvalue weighted by atomic mass is 79.9. The van der Waals surface area contributed by atoms with Crippen LogP contribution in [0.2, 0.25) is 5.02 Å². The first-order valence-corrected chi connectivity index (χ1v) is 6.83. The van der Waals surface area contributed by atoms with Crippen molar-refractivity contribution in [2.45, 2.75) is 19.8 Å². The van der Waals surface area contributed by atoms with E-state index in [9.17, 15) is 0 Å². The molecule has 1 heterocycles. The van der Waals surface area contributed by atoms with Gasteiger partial charge in [0.2, 0.25) is 5.88 Å². The molecule has 0 spiro atoms. The van der Waals surface area contributed by atoms with E-state index >= 15 is 0 Å². The summed E-state index contributed by atoms with van der Waals surface area (Å²) < 4.78 is 6.83. The maximum absolute atomic E-state index is 6.04. The highest BCUT2D eigenvalue weighted by molar-refractivity contribution is 9.10. The molecule has 0 unspecified atom stereocenters. The van der Waals surface area contributed by atoms with Gasteiger partial charge in [-0.3, -0.25) is 0 Å². The summed E-state index contributed by atoms with van der Waals surface area (Å²) >= 11 is 9.51. The predicted molar refractivity (Wildman–Crippen MR) is 77.6 cm³/mol. The van der Waals surface area contributed by atoms with Crippen LogP contribution < -0.4 is 4.74 Å². The number of halogens is 2. The highest BCUT2D eigenvalue weighted by Crippen LogP contribution is 2.34. The van der Waals surface area contributed by atoms with Gasteiger partial charge in [-0.05, 0) is 41.8 Å². The fourth-order valence-corrected chi connectivity index (χ4v) is 2.15. The van der Waals surface area contributed by atoms with Crippen LogP contribution in [0, 0.1) is 0 Å². The number of benzene rings is 1. The standard InChI is InChI=1S/C14H13BrClNO/c1-9(2)11-8-10(15)5-6-13(11)18-14-12(16)4-3-7-17-14/h3-9H,1-2H3. The normalized spacial score (nSPS) is 10.7. The number of hydrogen-bond donors (Lipinski definition) is 0. The van der Waals surface area contributed by atoms with Crippen LogP contribution in [-0.2, 0) is 0 Å². The average molecular weight is 327 g/mol. The zero-order chi connectivity index (χ0) is 13.1. The van der Waals surface area contributed by atoms with Crippen molar-refractivity contribution in [2.75, 3.05) is 0 Å². The second kappa shape index (κ2) is 5.72. The predicted octanol–water partition coefficient (Wildman–Crippen LogP) is 5.41. The molecule has 0 saturated heterocycles. The first-order valence-electron chi connectivity index (χ1n) is 5.65. The number of hydrogen-bond acceptors (Lipinski definition) is 2. The molecular weight excluding hydrogens is 314 g/mol. The van der Waals surface area contributed by atoms with Gasteiger partial charge in [0.1, 0.15) is 10.8 Å². The largest absolute Gasteiger partial charge is 0.437 e. The van der Waals surface area contributed by atoms with Gasteiger partial charge in [0.25, 0.3) is 0 Å². The van der Waals surface area contributed by atoms with Crippen LogP contribution in [0.25, 0.3) is 0 Å². The maximum Gasteiger partial charge on any atom is 0.238 e. The third kappa shape index (κ3) is 3.03. The lowest BCUT2D eigenvalue weighted by Gasteiger charge is -2.14. The van der Waals surface area contributed by atoms with E-state index in [0.717, 1.165) is 15.8 Å². The minimum absolute atomic E-state index is 0.361. The Labute approximate surface area is 120 Å². The summed E-state index contributed by atoms with van der Waals surface area (Å²) in [6, 6.07) is 9.46. The average Bonchev–Trinajstić information content (AvgIpc) is 2.34. The summed E-state index contributed by atoms with van der Waals surface area (Å²) in [7, 11) is 0. The molecule has 0 amide bonds. The third-order valence-corrected chi connectivity index (χ3v) is 3.31. The molecule has 0 radical (unpaired) electrons. The molecule has 2 rings (SSSR count). The van der Waals surface area contributed by atoms with Crippen LogP contribution in [0.1, 0.15) is 25.3 Å². The van der Waals surface area contributed by atoms with E-state index in [-0.39, 0.29) is 0 Å². The van der Waals surface area contributed by atoms with Gasteiger partial charge < -0.3 is 4.74 Å². The zero-order valence-electron chi connectivity index (χ0n) is 10.2. The molecule has 0 aliphatic heterocycles. The van der Waals surface area contributed by atoms with Crippen molar-refractivity contribution >= 4 is 27.5 Å². The summed E-state index contributed by atoms with van der Waals surface area (Å²) in [6.45, 7) is 4.24. The summed E-state index contributed by atoms with van der Waals surface area (Å²) in [5, 5.41) is 0.509. The lowest BCUT2D eigenvalue weighted by atomic mass is 10.0. The number of rotatable bonds is 3. The molecule has 2 aromatic rings. The van der Waals surface area contributed by atoms with Gasteiger partial charge in [-0.15, -0.1) is 0 Å². The van der Waals surface area contributed by atoms with Gasteiger partial charge in [-0.1, -0.05) is 41.4 Å². The van der Waals surface area contributed by atoms with Crippen molar-refractivity contribution < 1.29 is 4.74 Å². The summed E-state index contributed by atoms with van der Waals surface area (Å²) in [4.78, 5) is 4.13. The molecule has 4 heteroatoms. The Bertz CT molecular complexity index is 557. The Morgan fingerprint density at radius 1 is 1.28 bits per heavy atom. The molecule has 0 aliphatic rings. The summed E-state index contributed by atoms with van der Waals surface area (Å²) in [6.07, 6.45) is 1.66. The third-order valence-electron chi connectivity index (χ3n) is 2.53. The Morgan fingerprint density at radius 3 is 2.72 bits per heavy atom. The number of aromatic nitrogens is 1. The van der Waals surface area contributed by atoms with Crippen LogP contribution in [0.4, 0.5) is 0 Å². The molecule has 0 N–H and O–H groups in total. The molecule has 18 heavy (non-hydrogen) atoms. The maximum atomic E-state index is 6.04. The van der Waals surface area contributed by atoms with Crippen LogP contribution in [0.5, 0.6) is 11.6 Å². The van der Waals surface area contributed by atoms with E-state index in [1.807, 2.05) is 12.1 Å². The van der Waals surface area contributed by atoms with Crippen molar-refractivity contribution in [1.29, 1.82) is 0 Å². The molecule has 0 atom stereocenters. The van der Waals surface area contributed by atoms with Crippen molar-refractivity contribution in [2.24, 2.45) is 0 Å². The van der Waals surface area contributed by atoms with Crippen LogP contribution >= 0.6 is 27.5 Å². The summed E-state index contributed by atoms with van der Waals surface area (Å²) in [5.74, 6) is 1.58. The molecule has 0 aliphatic carbocycles. The van der Waals surface area contributed by atoms with E-state index in [4.69, 9.17) is 16.3 Å². The number of ether oxygens (including phenoxy) is 1. The van der Waals surface area contributed by atoms with Gasteiger partial charge in [-0.25, -0.2) is 4.98 Å². The van der Waals surface area contributed by atoms with Crippen molar-refractivity contribution in [3.63, 3.8) is 0 Å². The molecule has 0 fully saturated rings. The Hall–Kier alpha value is -1.06. The van der Waals surface area contributed by atoms with E-state index in [2.05, 4.69) is 40.8 Å². The lowest BCUT2D eigenvalue weighted by molar-refractivity contribution is 0.454. The van der Waals surface area contributed by atoms with Gasteiger partial charge in [0.05, 0.1) is 0 Å². The first kappa shape index (κ1) is 13.4. The topological polar surface area (TPSA) is 22.1 Å². The quantitative estimate of drug-likeness (QED) is 0.752. The molecule has 0 saturated carbocycles.